The predicted octanol–water partition coefficient (Wildman–Crippen LogP) is 6.72. The van der Waals surface area contributed by atoms with E-state index in [1.54, 1.807) is 25.1 Å². The average molecular weight is 545 g/mol. The molecule has 3 aromatic carbocycles. The van der Waals surface area contributed by atoms with Crippen molar-refractivity contribution in [1.29, 1.82) is 0 Å². The maximum atomic E-state index is 15.0. The molecule has 6 nitrogen and oxygen atoms in total. The highest BCUT2D eigenvalue weighted by Gasteiger charge is 2.20. The zero-order valence-corrected chi connectivity index (χ0v) is 21.7. The van der Waals surface area contributed by atoms with E-state index in [4.69, 9.17) is 16.3 Å². The number of hydrogen-bond donors (Lipinski definition) is 2. The number of carbonyl (C=O) groups is 1. The summed E-state index contributed by atoms with van der Waals surface area (Å²) in [4.78, 5) is 14.1. The Bertz CT molecular complexity index is 1520. The van der Waals surface area contributed by atoms with Crippen molar-refractivity contribution < 1.29 is 22.3 Å². The number of nitrogens with one attached hydrogen (secondary N) is 2. The molecule has 0 saturated heterocycles. The fraction of sp³-hybridized carbons (Fsp3) is 0.115. The molecule has 0 bridgehead atoms. The molecule has 0 aliphatic heterocycles. The van der Waals surface area contributed by atoms with E-state index in [1.807, 2.05) is 30.3 Å². The smallest absolute Gasteiger partial charge is 0.265 e. The van der Waals surface area contributed by atoms with Gasteiger partial charge in [-0.1, -0.05) is 48.0 Å². The molecule has 0 atom stereocenters. The Morgan fingerprint density at radius 3 is 2.47 bits per heavy atom. The van der Waals surface area contributed by atoms with Gasteiger partial charge in [-0.05, 0) is 48.9 Å². The zero-order valence-electron chi connectivity index (χ0n) is 19.3. The third-order valence-electron chi connectivity index (χ3n) is 5.08. The van der Waals surface area contributed by atoms with Crippen LogP contribution in [0.15, 0.2) is 72.8 Å². The molecule has 0 aliphatic carbocycles. The summed E-state index contributed by atoms with van der Waals surface area (Å²) in [6.45, 7) is 2.07. The molecule has 0 radical (unpaired) electrons. The van der Waals surface area contributed by atoms with Crippen LogP contribution in [0.3, 0.4) is 0 Å². The summed E-state index contributed by atoms with van der Waals surface area (Å²) >= 11 is 7.30. The van der Waals surface area contributed by atoms with E-state index in [0.717, 1.165) is 16.7 Å². The number of benzene rings is 3. The molecule has 0 unspecified atom stereocenters. The Kier molecular flexibility index (Phi) is 7.63. The van der Waals surface area contributed by atoms with Crippen LogP contribution in [0.2, 0.25) is 5.02 Å². The molecular formula is C26H22ClFN2O4S2. The lowest BCUT2D eigenvalue weighted by Crippen LogP contribution is -2.12. The van der Waals surface area contributed by atoms with E-state index < -0.39 is 21.7 Å². The van der Waals surface area contributed by atoms with Crippen LogP contribution >= 0.6 is 22.9 Å². The Balaban J connectivity index is 1.59. The highest BCUT2D eigenvalue weighted by Crippen LogP contribution is 2.39. The average Bonchev–Trinajstić information content (AvgIpc) is 3.18. The Morgan fingerprint density at radius 1 is 1.03 bits per heavy atom. The van der Waals surface area contributed by atoms with Crippen molar-refractivity contribution in [1.82, 2.24) is 0 Å². The lowest BCUT2D eigenvalue weighted by Gasteiger charge is -2.12. The second kappa shape index (κ2) is 10.7. The number of halogens is 2. The highest BCUT2D eigenvalue weighted by molar-refractivity contribution is 7.92. The second-order valence-corrected chi connectivity index (χ2v) is 11.5. The molecule has 0 fully saturated rings. The number of thiophene rings is 1. The van der Waals surface area contributed by atoms with Gasteiger partial charge in [0.25, 0.3) is 5.91 Å². The Labute approximate surface area is 217 Å². The summed E-state index contributed by atoms with van der Waals surface area (Å²) in [5, 5.41) is 2.96. The SMILES string of the molecule is Cc1sc(C(=O)Nc2cc(Cl)cc(NS(C)(=O)=O)c2)cc1-c1c(F)cccc1OCc1ccccc1. The van der Waals surface area contributed by atoms with E-state index in [1.165, 1.54) is 35.6 Å². The molecular weight excluding hydrogens is 523 g/mol. The van der Waals surface area contributed by atoms with Crippen LogP contribution in [-0.4, -0.2) is 20.6 Å². The summed E-state index contributed by atoms with van der Waals surface area (Å²) in [7, 11) is -3.52. The van der Waals surface area contributed by atoms with E-state index in [2.05, 4.69) is 10.0 Å². The van der Waals surface area contributed by atoms with Crippen molar-refractivity contribution in [3.05, 3.63) is 99.0 Å². The van der Waals surface area contributed by atoms with Crippen molar-refractivity contribution in [2.24, 2.45) is 0 Å². The maximum Gasteiger partial charge on any atom is 0.265 e. The molecule has 4 aromatic rings. The molecule has 0 aliphatic rings. The van der Waals surface area contributed by atoms with E-state index in [9.17, 15) is 17.6 Å². The molecule has 2 N–H and O–H groups in total. The molecule has 4 rings (SSSR count). The van der Waals surface area contributed by atoms with E-state index in [-0.39, 0.29) is 22.9 Å². The standard InChI is InChI=1S/C26H22ClFN2O4S2/c1-16-21(25-22(28)9-6-10-23(25)34-15-17-7-4-3-5-8-17)14-24(35-16)26(31)29-19-11-18(27)12-20(13-19)30-36(2,32)33/h3-14,30H,15H2,1-2H3,(H,29,31). The lowest BCUT2D eigenvalue weighted by atomic mass is 10.0. The number of sulfonamides is 1. The number of carbonyl (C=O) groups excluding carboxylic acids is 1. The number of amides is 1. The van der Waals surface area contributed by atoms with Crippen molar-refractivity contribution in [3.8, 4) is 16.9 Å². The van der Waals surface area contributed by atoms with Gasteiger partial charge in [0.05, 0.1) is 22.4 Å². The van der Waals surface area contributed by atoms with Gasteiger partial charge in [-0.2, -0.15) is 0 Å². The third kappa shape index (κ3) is 6.42. The number of hydrogen-bond acceptors (Lipinski definition) is 5. The summed E-state index contributed by atoms with van der Waals surface area (Å²) in [6, 6.07) is 20.2. The molecule has 36 heavy (non-hydrogen) atoms. The van der Waals surface area contributed by atoms with Gasteiger partial charge < -0.3 is 10.1 Å². The second-order valence-electron chi connectivity index (χ2n) is 8.02. The van der Waals surface area contributed by atoms with E-state index in [0.29, 0.717) is 21.9 Å². The fourth-order valence-electron chi connectivity index (χ4n) is 3.59. The van der Waals surface area contributed by atoms with Crippen LogP contribution < -0.4 is 14.8 Å². The fourth-order valence-corrected chi connectivity index (χ4v) is 5.29. The first-order valence-corrected chi connectivity index (χ1v) is 13.8. The van der Waals surface area contributed by atoms with Crippen molar-refractivity contribution >= 4 is 50.2 Å². The number of anilines is 2. The maximum absolute atomic E-state index is 15.0. The summed E-state index contributed by atoms with van der Waals surface area (Å²) < 4.78 is 46.3. The largest absolute Gasteiger partial charge is 0.488 e. The topological polar surface area (TPSA) is 84.5 Å². The van der Waals surface area contributed by atoms with Crippen LogP contribution in [0.5, 0.6) is 5.75 Å². The highest BCUT2D eigenvalue weighted by atomic mass is 35.5. The van der Waals surface area contributed by atoms with Crippen LogP contribution in [0.4, 0.5) is 15.8 Å². The first kappa shape index (κ1) is 25.7. The zero-order chi connectivity index (χ0) is 25.9. The Morgan fingerprint density at radius 2 is 1.75 bits per heavy atom. The first-order valence-electron chi connectivity index (χ1n) is 10.7. The number of ether oxygens (including phenoxy) is 1. The van der Waals surface area contributed by atoms with Gasteiger partial charge in [0.15, 0.2) is 0 Å². The van der Waals surface area contributed by atoms with Crippen LogP contribution in [0, 0.1) is 12.7 Å². The Hall–Kier alpha value is -3.40. The van der Waals surface area contributed by atoms with Gasteiger partial charge in [-0.3, -0.25) is 9.52 Å². The first-order chi connectivity index (χ1) is 17.1. The van der Waals surface area contributed by atoms with Gasteiger partial charge in [-0.15, -0.1) is 11.3 Å². The molecule has 1 amide bonds. The normalized spacial score (nSPS) is 11.2. The molecule has 10 heteroatoms. The summed E-state index contributed by atoms with van der Waals surface area (Å²) in [6.07, 6.45) is 1.02. The molecule has 186 valence electrons. The monoisotopic (exact) mass is 544 g/mol. The van der Waals surface area contributed by atoms with Crippen molar-refractivity contribution in [2.45, 2.75) is 13.5 Å². The number of rotatable bonds is 8. The molecule has 1 heterocycles. The molecule has 1 aromatic heterocycles. The minimum atomic E-state index is -3.52. The van der Waals surface area contributed by atoms with Crippen molar-refractivity contribution in [3.63, 3.8) is 0 Å². The van der Waals surface area contributed by atoms with Gasteiger partial charge in [0.1, 0.15) is 18.2 Å². The lowest BCUT2D eigenvalue weighted by molar-refractivity contribution is 0.103. The van der Waals surface area contributed by atoms with Gasteiger partial charge >= 0.3 is 0 Å². The summed E-state index contributed by atoms with van der Waals surface area (Å²) in [5.41, 5.74) is 2.31. The van der Waals surface area contributed by atoms with Crippen molar-refractivity contribution in [2.75, 3.05) is 16.3 Å². The van der Waals surface area contributed by atoms with Crippen LogP contribution in [-0.2, 0) is 16.6 Å². The molecule has 0 spiro atoms. The quantitative estimate of drug-likeness (QED) is 0.258. The van der Waals surface area contributed by atoms with Gasteiger partial charge in [0.2, 0.25) is 10.0 Å². The number of aryl methyl sites for hydroxylation is 1. The van der Waals surface area contributed by atoms with Crippen LogP contribution in [0.1, 0.15) is 20.1 Å². The van der Waals surface area contributed by atoms with Crippen LogP contribution in [0.25, 0.3) is 11.1 Å². The predicted molar refractivity (Wildman–Crippen MR) is 143 cm³/mol. The third-order valence-corrected chi connectivity index (χ3v) is 6.96. The molecule has 0 saturated carbocycles. The van der Waals surface area contributed by atoms with Gasteiger partial charge in [-0.25, -0.2) is 12.8 Å². The minimum Gasteiger partial charge on any atom is -0.488 e. The van der Waals surface area contributed by atoms with E-state index >= 15 is 0 Å². The van der Waals surface area contributed by atoms with Gasteiger partial charge in [0, 0.05) is 21.2 Å². The minimum absolute atomic E-state index is 0.218. The summed E-state index contributed by atoms with van der Waals surface area (Å²) in [5.74, 6) is -0.525.